The van der Waals surface area contributed by atoms with Crippen molar-refractivity contribution in [3.05, 3.63) is 66.0 Å². The first-order valence-corrected chi connectivity index (χ1v) is 9.46. The second-order valence-corrected chi connectivity index (χ2v) is 6.68. The number of carbonyl (C=O) groups is 2. The molecule has 2 heterocycles. The van der Waals surface area contributed by atoms with Crippen LogP contribution in [0.5, 0.6) is 0 Å². The van der Waals surface area contributed by atoms with Gasteiger partial charge in [-0.3, -0.25) is 14.6 Å². The van der Waals surface area contributed by atoms with Crippen molar-refractivity contribution in [2.45, 2.75) is 12.8 Å². The van der Waals surface area contributed by atoms with E-state index in [0.717, 1.165) is 25.9 Å². The predicted molar refractivity (Wildman–Crippen MR) is 104 cm³/mol. The highest BCUT2D eigenvalue weighted by atomic mass is 16.2. The van der Waals surface area contributed by atoms with E-state index >= 15 is 0 Å². The summed E-state index contributed by atoms with van der Waals surface area (Å²) < 4.78 is 0. The van der Waals surface area contributed by atoms with Gasteiger partial charge in [-0.05, 0) is 30.5 Å². The van der Waals surface area contributed by atoms with Gasteiger partial charge >= 0.3 is 0 Å². The van der Waals surface area contributed by atoms with Crippen molar-refractivity contribution >= 4 is 11.8 Å². The lowest BCUT2D eigenvalue weighted by Gasteiger charge is -2.30. The summed E-state index contributed by atoms with van der Waals surface area (Å²) in [6.45, 7) is 3.67. The van der Waals surface area contributed by atoms with Gasteiger partial charge in [0.2, 0.25) is 5.91 Å². The van der Waals surface area contributed by atoms with Gasteiger partial charge in [0.1, 0.15) is 6.54 Å². The van der Waals surface area contributed by atoms with Crippen molar-refractivity contribution in [2.75, 3.05) is 39.3 Å². The minimum absolute atomic E-state index is 0.0126. The molecule has 27 heavy (non-hydrogen) atoms. The van der Waals surface area contributed by atoms with Gasteiger partial charge in [0.05, 0.1) is 0 Å². The molecule has 1 saturated heterocycles. The third kappa shape index (κ3) is 5.62. The molecule has 2 aromatic rings. The number of carbonyl (C=O) groups excluding carboxylic acids is 2. The Kier molecular flexibility index (Phi) is 6.93. The van der Waals surface area contributed by atoms with Gasteiger partial charge in [-0.25, -0.2) is 0 Å². The molecule has 6 nitrogen and oxygen atoms in total. The molecule has 1 fully saturated rings. The first-order chi connectivity index (χ1) is 13.2. The Morgan fingerprint density at radius 1 is 1.04 bits per heavy atom. The lowest BCUT2D eigenvalue weighted by molar-refractivity contribution is -0.132. The summed E-state index contributed by atoms with van der Waals surface area (Å²) in [6.07, 6.45) is 4.90. The fraction of sp³-hybridized carbons (Fsp3) is 0.381. The Bertz CT molecular complexity index is 730. The van der Waals surface area contributed by atoms with E-state index in [9.17, 15) is 9.59 Å². The number of rotatable bonds is 7. The fourth-order valence-corrected chi connectivity index (χ4v) is 3.23. The quantitative estimate of drug-likeness (QED) is 0.808. The van der Waals surface area contributed by atoms with Gasteiger partial charge in [-0.1, -0.05) is 30.3 Å². The maximum absolute atomic E-state index is 12.9. The summed E-state index contributed by atoms with van der Waals surface area (Å²) in [7, 11) is 0. The Morgan fingerprint density at radius 3 is 2.44 bits per heavy atom. The first-order valence-electron chi connectivity index (χ1n) is 9.46. The average molecular weight is 366 g/mol. The number of aromatic nitrogens is 1. The molecule has 1 aliphatic heterocycles. The molecule has 0 spiro atoms. The molecule has 1 aromatic heterocycles. The van der Waals surface area contributed by atoms with Gasteiger partial charge in [0.25, 0.3) is 5.91 Å². The molecular weight excluding hydrogens is 340 g/mol. The van der Waals surface area contributed by atoms with Crippen molar-refractivity contribution in [1.82, 2.24) is 20.1 Å². The highest BCUT2D eigenvalue weighted by molar-refractivity contribution is 5.96. The van der Waals surface area contributed by atoms with Crippen LogP contribution in [0.2, 0.25) is 0 Å². The van der Waals surface area contributed by atoms with Crippen molar-refractivity contribution < 1.29 is 9.59 Å². The Balaban J connectivity index is 1.64. The van der Waals surface area contributed by atoms with Crippen molar-refractivity contribution in [2.24, 2.45) is 0 Å². The molecule has 0 saturated carbocycles. The van der Waals surface area contributed by atoms with Crippen LogP contribution in [0.4, 0.5) is 0 Å². The van der Waals surface area contributed by atoms with Crippen LogP contribution in [0, 0.1) is 0 Å². The zero-order valence-corrected chi connectivity index (χ0v) is 15.5. The minimum Gasteiger partial charge on any atom is -0.339 e. The zero-order chi connectivity index (χ0) is 18.9. The number of nitrogens with zero attached hydrogens (tertiary/aromatic N) is 3. The number of benzene rings is 1. The molecule has 142 valence electrons. The molecule has 0 bridgehead atoms. The number of amides is 2. The highest BCUT2D eigenvalue weighted by Crippen LogP contribution is 2.09. The second kappa shape index (κ2) is 9.83. The number of piperazine rings is 1. The van der Waals surface area contributed by atoms with Crippen molar-refractivity contribution in [3.63, 3.8) is 0 Å². The molecular formula is C21H26N4O2. The summed E-state index contributed by atoms with van der Waals surface area (Å²) in [5, 5.41) is 3.24. The lowest BCUT2D eigenvalue weighted by Crippen LogP contribution is -2.50. The third-order valence-electron chi connectivity index (χ3n) is 4.75. The number of aryl methyl sites for hydroxylation is 1. The SMILES string of the molecule is O=C(CN(CCCc1ccccc1)C(=O)c1ccncc1)N1CCNCC1. The molecule has 3 rings (SSSR count). The molecule has 0 aliphatic carbocycles. The average Bonchev–Trinajstić information content (AvgIpc) is 2.74. The molecule has 0 atom stereocenters. The van der Waals surface area contributed by atoms with Crippen LogP contribution < -0.4 is 5.32 Å². The minimum atomic E-state index is -0.117. The predicted octanol–water partition coefficient (Wildman–Crippen LogP) is 1.59. The number of hydrogen-bond donors (Lipinski definition) is 1. The van der Waals surface area contributed by atoms with E-state index in [4.69, 9.17) is 0 Å². The van der Waals surface area contributed by atoms with Gasteiger partial charge in [-0.2, -0.15) is 0 Å². The van der Waals surface area contributed by atoms with Gasteiger partial charge in [-0.15, -0.1) is 0 Å². The molecule has 6 heteroatoms. The zero-order valence-electron chi connectivity index (χ0n) is 15.5. The van der Waals surface area contributed by atoms with Crippen LogP contribution in [0.3, 0.4) is 0 Å². The summed E-state index contributed by atoms with van der Waals surface area (Å²) >= 11 is 0. The van der Waals surface area contributed by atoms with E-state index in [2.05, 4.69) is 22.4 Å². The standard InChI is InChI=1S/C21H26N4O2/c26-20(24-15-12-23-13-16-24)17-25(21(27)19-8-10-22-11-9-19)14-4-7-18-5-2-1-3-6-18/h1-3,5-6,8-11,23H,4,7,12-17H2. The topological polar surface area (TPSA) is 65.5 Å². The van der Waals surface area contributed by atoms with E-state index in [-0.39, 0.29) is 18.4 Å². The summed E-state index contributed by atoms with van der Waals surface area (Å²) in [5.41, 5.74) is 1.81. The van der Waals surface area contributed by atoms with E-state index in [0.29, 0.717) is 25.2 Å². The number of nitrogens with one attached hydrogen (secondary N) is 1. The van der Waals surface area contributed by atoms with Crippen LogP contribution in [-0.2, 0) is 11.2 Å². The fourth-order valence-electron chi connectivity index (χ4n) is 3.23. The monoisotopic (exact) mass is 366 g/mol. The van der Waals surface area contributed by atoms with Gasteiger partial charge < -0.3 is 15.1 Å². The van der Waals surface area contributed by atoms with Crippen LogP contribution in [-0.4, -0.2) is 65.9 Å². The molecule has 1 aliphatic rings. The van der Waals surface area contributed by atoms with E-state index < -0.39 is 0 Å². The molecule has 0 radical (unpaired) electrons. The van der Waals surface area contributed by atoms with E-state index in [1.165, 1.54) is 5.56 Å². The highest BCUT2D eigenvalue weighted by Gasteiger charge is 2.23. The van der Waals surface area contributed by atoms with Crippen molar-refractivity contribution in [1.29, 1.82) is 0 Å². The largest absolute Gasteiger partial charge is 0.339 e. The molecule has 1 aromatic carbocycles. The van der Waals surface area contributed by atoms with Gasteiger partial charge in [0.15, 0.2) is 0 Å². The lowest BCUT2D eigenvalue weighted by atomic mass is 10.1. The summed E-state index contributed by atoms with van der Waals surface area (Å²) in [6, 6.07) is 13.6. The smallest absolute Gasteiger partial charge is 0.254 e. The van der Waals surface area contributed by atoms with Crippen LogP contribution in [0.15, 0.2) is 54.9 Å². The molecule has 1 N–H and O–H groups in total. The van der Waals surface area contributed by atoms with E-state index in [1.54, 1.807) is 29.4 Å². The third-order valence-corrected chi connectivity index (χ3v) is 4.75. The van der Waals surface area contributed by atoms with Gasteiger partial charge in [0, 0.05) is 50.7 Å². The van der Waals surface area contributed by atoms with Crippen molar-refractivity contribution in [3.8, 4) is 0 Å². The Labute approximate surface area is 160 Å². The summed E-state index contributed by atoms with van der Waals surface area (Å²) in [5.74, 6) is -0.104. The van der Waals surface area contributed by atoms with Crippen LogP contribution >= 0.6 is 0 Å². The molecule has 2 amide bonds. The maximum atomic E-state index is 12.9. The first kappa shape index (κ1) is 19.0. The maximum Gasteiger partial charge on any atom is 0.254 e. The van der Waals surface area contributed by atoms with Crippen LogP contribution in [0.1, 0.15) is 22.3 Å². The second-order valence-electron chi connectivity index (χ2n) is 6.68. The number of hydrogen-bond acceptors (Lipinski definition) is 4. The Hall–Kier alpha value is -2.73. The van der Waals surface area contributed by atoms with Crippen LogP contribution in [0.25, 0.3) is 0 Å². The number of pyridine rings is 1. The summed E-state index contributed by atoms with van der Waals surface area (Å²) in [4.78, 5) is 33.1. The normalized spacial score (nSPS) is 14.0. The Morgan fingerprint density at radius 2 is 1.74 bits per heavy atom. The molecule has 0 unspecified atom stereocenters. The van der Waals surface area contributed by atoms with E-state index in [1.807, 2.05) is 23.1 Å².